The SMILES string of the molecule is CCC(O)(CC)CNC(=O)CCC1CCCCC1. The van der Waals surface area contributed by atoms with Crippen molar-refractivity contribution >= 4 is 5.91 Å². The lowest BCUT2D eigenvalue weighted by atomic mass is 9.86. The van der Waals surface area contributed by atoms with E-state index in [2.05, 4.69) is 5.32 Å². The molecule has 0 aromatic heterocycles. The highest BCUT2D eigenvalue weighted by atomic mass is 16.3. The average Bonchev–Trinajstić information content (AvgIpc) is 2.43. The topological polar surface area (TPSA) is 49.3 Å². The van der Waals surface area contributed by atoms with Crippen LogP contribution in [0.2, 0.25) is 0 Å². The van der Waals surface area contributed by atoms with E-state index in [4.69, 9.17) is 0 Å². The summed E-state index contributed by atoms with van der Waals surface area (Å²) < 4.78 is 0. The lowest BCUT2D eigenvalue weighted by molar-refractivity contribution is -0.122. The van der Waals surface area contributed by atoms with Crippen molar-refractivity contribution in [3.05, 3.63) is 0 Å². The summed E-state index contributed by atoms with van der Waals surface area (Å²) in [5, 5.41) is 13.0. The Morgan fingerprint density at radius 3 is 2.39 bits per heavy atom. The molecule has 0 aliphatic heterocycles. The van der Waals surface area contributed by atoms with Gasteiger partial charge in [-0.2, -0.15) is 0 Å². The lowest BCUT2D eigenvalue weighted by Gasteiger charge is -2.26. The van der Waals surface area contributed by atoms with Crippen LogP contribution in [-0.4, -0.2) is 23.2 Å². The lowest BCUT2D eigenvalue weighted by Crippen LogP contribution is -2.42. The summed E-state index contributed by atoms with van der Waals surface area (Å²) in [6, 6.07) is 0. The summed E-state index contributed by atoms with van der Waals surface area (Å²) in [5.74, 6) is 0.849. The Balaban J connectivity index is 2.17. The highest BCUT2D eigenvalue weighted by Gasteiger charge is 2.23. The van der Waals surface area contributed by atoms with Crippen LogP contribution in [0.3, 0.4) is 0 Å². The molecule has 0 radical (unpaired) electrons. The number of rotatable bonds is 7. The Labute approximate surface area is 111 Å². The van der Waals surface area contributed by atoms with Crippen LogP contribution in [0.5, 0.6) is 0 Å². The van der Waals surface area contributed by atoms with Gasteiger partial charge in [0.1, 0.15) is 0 Å². The third-order valence-corrected chi connectivity index (χ3v) is 4.44. The Hall–Kier alpha value is -0.570. The fourth-order valence-corrected chi connectivity index (χ4v) is 2.66. The van der Waals surface area contributed by atoms with Crippen LogP contribution in [0.1, 0.15) is 71.6 Å². The normalized spacial score (nSPS) is 17.7. The molecule has 1 saturated carbocycles. The largest absolute Gasteiger partial charge is 0.388 e. The molecule has 18 heavy (non-hydrogen) atoms. The van der Waals surface area contributed by atoms with E-state index in [0.29, 0.717) is 25.8 Å². The second-order valence-corrected chi connectivity index (χ2v) is 5.75. The van der Waals surface area contributed by atoms with E-state index >= 15 is 0 Å². The first-order valence-corrected chi connectivity index (χ1v) is 7.58. The number of carbonyl (C=O) groups is 1. The van der Waals surface area contributed by atoms with Gasteiger partial charge in [-0.25, -0.2) is 0 Å². The molecule has 1 fully saturated rings. The summed E-state index contributed by atoms with van der Waals surface area (Å²) in [7, 11) is 0. The van der Waals surface area contributed by atoms with Crippen molar-refractivity contribution in [3.8, 4) is 0 Å². The molecule has 1 aliphatic rings. The maximum absolute atomic E-state index is 11.7. The molecule has 1 amide bonds. The quantitative estimate of drug-likeness (QED) is 0.734. The van der Waals surface area contributed by atoms with E-state index in [0.717, 1.165) is 12.3 Å². The molecule has 0 aromatic carbocycles. The van der Waals surface area contributed by atoms with Crippen LogP contribution in [0.25, 0.3) is 0 Å². The summed E-state index contributed by atoms with van der Waals surface area (Å²) in [6.07, 6.45) is 9.62. The molecule has 0 bridgehead atoms. The summed E-state index contributed by atoms with van der Waals surface area (Å²) >= 11 is 0. The molecule has 0 atom stereocenters. The van der Waals surface area contributed by atoms with Crippen LogP contribution in [0.4, 0.5) is 0 Å². The van der Waals surface area contributed by atoms with Crippen LogP contribution in [0.15, 0.2) is 0 Å². The van der Waals surface area contributed by atoms with Gasteiger partial charge in [-0.05, 0) is 25.2 Å². The van der Waals surface area contributed by atoms with Gasteiger partial charge in [0.15, 0.2) is 0 Å². The van der Waals surface area contributed by atoms with E-state index in [1.54, 1.807) is 0 Å². The van der Waals surface area contributed by atoms with Gasteiger partial charge in [0.2, 0.25) is 5.91 Å². The molecular weight excluding hydrogens is 226 g/mol. The van der Waals surface area contributed by atoms with E-state index < -0.39 is 5.60 Å². The van der Waals surface area contributed by atoms with E-state index in [9.17, 15) is 9.90 Å². The summed E-state index contributed by atoms with van der Waals surface area (Å²) in [5.41, 5.74) is -0.722. The van der Waals surface area contributed by atoms with Crippen molar-refractivity contribution in [1.29, 1.82) is 0 Å². The predicted molar refractivity (Wildman–Crippen MR) is 74.4 cm³/mol. The predicted octanol–water partition coefficient (Wildman–Crippen LogP) is 3.01. The number of aliphatic hydroxyl groups is 1. The number of hydrogen-bond acceptors (Lipinski definition) is 2. The second kappa shape index (κ2) is 7.78. The zero-order valence-electron chi connectivity index (χ0n) is 12.0. The third kappa shape index (κ3) is 5.38. The highest BCUT2D eigenvalue weighted by Crippen LogP contribution is 2.27. The Morgan fingerprint density at radius 1 is 1.22 bits per heavy atom. The Kier molecular flexibility index (Phi) is 6.69. The van der Waals surface area contributed by atoms with Crippen molar-refractivity contribution in [1.82, 2.24) is 5.32 Å². The molecule has 3 heteroatoms. The molecule has 0 saturated heterocycles. The second-order valence-electron chi connectivity index (χ2n) is 5.75. The van der Waals surface area contributed by atoms with E-state index in [1.807, 2.05) is 13.8 Å². The van der Waals surface area contributed by atoms with Crippen molar-refractivity contribution in [2.75, 3.05) is 6.54 Å². The van der Waals surface area contributed by atoms with Gasteiger partial charge in [0, 0.05) is 13.0 Å². The first-order chi connectivity index (χ1) is 8.59. The first-order valence-electron chi connectivity index (χ1n) is 7.58. The molecule has 1 aliphatic carbocycles. The minimum absolute atomic E-state index is 0.0981. The minimum Gasteiger partial charge on any atom is -0.388 e. The molecule has 0 unspecified atom stereocenters. The van der Waals surface area contributed by atoms with Crippen molar-refractivity contribution in [2.45, 2.75) is 77.2 Å². The van der Waals surface area contributed by atoms with Crippen LogP contribution in [0, 0.1) is 5.92 Å². The van der Waals surface area contributed by atoms with Gasteiger partial charge in [0.05, 0.1) is 5.60 Å². The maximum Gasteiger partial charge on any atom is 0.220 e. The van der Waals surface area contributed by atoms with E-state index in [1.165, 1.54) is 32.1 Å². The average molecular weight is 255 g/mol. The molecule has 0 aromatic rings. The van der Waals surface area contributed by atoms with Crippen molar-refractivity contribution in [2.24, 2.45) is 5.92 Å². The van der Waals surface area contributed by atoms with Gasteiger partial charge < -0.3 is 10.4 Å². The first kappa shape index (κ1) is 15.5. The van der Waals surface area contributed by atoms with Gasteiger partial charge >= 0.3 is 0 Å². The smallest absolute Gasteiger partial charge is 0.220 e. The molecule has 2 N–H and O–H groups in total. The monoisotopic (exact) mass is 255 g/mol. The zero-order valence-corrected chi connectivity index (χ0v) is 12.0. The standard InChI is InChI=1S/C15H29NO2/c1-3-15(18,4-2)12-16-14(17)11-10-13-8-6-5-7-9-13/h13,18H,3-12H2,1-2H3,(H,16,17). The molecular formula is C15H29NO2. The van der Waals surface area contributed by atoms with Gasteiger partial charge in [0.25, 0.3) is 0 Å². The maximum atomic E-state index is 11.7. The molecule has 1 rings (SSSR count). The Bertz CT molecular complexity index is 243. The van der Waals surface area contributed by atoms with Crippen LogP contribution in [-0.2, 0) is 4.79 Å². The molecule has 0 spiro atoms. The molecule has 106 valence electrons. The molecule has 3 nitrogen and oxygen atoms in total. The number of nitrogens with one attached hydrogen (secondary N) is 1. The van der Waals surface area contributed by atoms with Crippen molar-refractivity contribution < 1.29 is 9.90 Å². The third-order valence-electron chi connectivity index (χ3n) is 4.44. The Morgan fingerprint density at radius 2 is 1.83 bits per heavy atom. The van der Waals surface area contributed by atoms with Gasteiger partial charge in [-0.1, -0.05) is 46.0 Å². The highest BCUT2D eigenvalue weighted by molar-refractivity contribution is 5.75. The summed E-state index contributed by atoms with van der Waals surface area (Å²) in [4.78, 5) is 11.7. The van der Waals surface area contributed by atoms with E-state index in [-0.39, 0.29) is 5.91 Å². The van der Waals surface area contributed by atoms with Crippen LogP contribution < -0.4 is 5.32 Å². The zero-order chi connectivity index (χ0) is 13.4. The van der Waals surface area contributed by atoms with Gasteiger partial charge in [-0.3, -0.25) is 4.79 Å². The minimum atomic E-state index is -0.722. The van der Waals surface area contributed by atoms with Crippen molar-refractivity contribution in [3.63, 3.8) is 0 Å². The summed E-state index contributed by atoms with van der Waals surface area (Å²) in [6.45, 7) is 4.30. The number of amides is 1. The fourth-order valence-electron chi connectivity index (χ4n) is 2.66. The number of carbonyl (C=O) groups excluding carboxylic acids is 1. The van der Waals surface area contributed by atoms with Gasteiger partial charge in [-0.15, -0.1) is 0 Å². The number of hydrogen-bond donors (Lipinski definition) is 2. The van der Waals surface area contributed by atoms with Crippen LogP contribution >= 0.6 is 0 Å². The molecule has 0 heterocycles. The fraction of sp³-hybridized carbons (Fsp3) is 0.933.